The first-order chi connectivity index (χ1) is 24.2. The number of carbonyl (C=O) groups excluding carboxylic acids is 2. The molecule has 0 saturated carbocycles. The van der Waals surface area contributed by atoms with E-state index in [1.165, 1.54) is 19.9 Å². The van der Waals surface area contributed by atoms with Crippen LogP contribution in [0.1, 0.15) is 48.6 Å². The molecule has 6 rings (SSSR count). The Bertz CT molecular complexity index is 1700. The highest BCUT2D eigenvalue weighted by atomic mass is 32.1. The van der Waals surface area contributed by atoms with Gasteiger partial charge in [0.15, 0.2) is 0 Å². The second-order valence-corrected chi connectivity index (χ2v) is 14.2. The average molecular weight is 717 g/mol. The van der Waals surface area contributed by atoms with Crippen LogP contribution < -0.4 is 20.1 Å². The van der Waals surface area contributed by atoms with Crippen LogP contribution in [0.5, 0.6) is 11.5 Å². The minimum absolute atomic E-state index is 0.137. The van der Waals surface area contributed by atoms with Crippen LogP contribution in [0.4, 0.5) is 11.4 Å². The molecule has 0 fully saturated rings. The van der Waals surface area contributed by atoms with Crippen LogP contribution in [-0.4, -0.2) is 72.4 Å². The number of hydrogen-bond donors (Lipinski definition) is 2. The molecule has 0 bridgehead atoms. The molecule has 2 N–H and O–H groups in total. The van der Waals surface area contributed by atoms with Crippen molar-refractivity contribution in [3.63, 3.8) is 0 Å². The quantitative estimate of drug-likeness (QED) is 0.160. The van der Waals surface area contributed by atoms with Crippen LogP contribution in [0.25, 0.3) is 0 Å². The van der Waals surface area contributed by atoms with E-state index in [9.17, 15) is 9.59 Å². The lowest BCUT2D eigenvalue weighted by Gasteiger charge is -2.21. The third-order valence-corrected chi connectivity index (χ3v) is 9.16. The zero-order chi connectivity index (χ0) is 35.0. The summed E-state index contributed by atoms with van der Waals surface area (Å²) in [4.78, 5) is 47.4. The molecule has 4 heterocycles. The van der Waals surface area contributed by atoms with Gasteiger partial charge in [0.05, 0.1) is 38.4 Å². The predicted molar refractivity (Wildman–Crippen MR) is 196 cm³/mol. The van der Waals surface area contributed by atoms with Crippen LogP contribution in [0.3, 0.4) is 0 Å². The van der Waals surface area contributed by atoms with Crippen molar-refractivity contribution in [2.45, 2.75) is 52.7 Å². The van der Waals surface area contributed by atoms with E-state index in [0.717, 1.165) is 46.8 Å². The summed E-state index contributed by atoms with van der Waals surface area (Å²) >= 11 is 3.34. The summed E-state index contributed by atoms with van der Waals surface area (Å²) < 4.78 is 11.5. The van der Waals surface area contributed by atoms with Gasteiger partial charge in [-0.15, -0.1) is 22.7 Å². The highest BCUT2D eigenvalue weighted by molar-refractivity contribution is 7.10. The number of anilines is 2. The molecule has 2 aromatic heterocycles. The normalized spacial score (nSPS) is 14.1. The maximum Gasteiger partial charge on any atom is 0.444 e. The summed E-state index contributed by atoms with van der Waals surface area (Å²) in [6, 6.07) is 20.0. The number of thiophene rings is 2. The van der Waals surface area contributed by atoms with Crippen molar-refractivity contribution in [2.75, 3.05) is 36.8 Å². The van der Waals surface area contributed by atoms with Gasteiger partial charge in [-0.3, -0.25) is 0 Å². The highest BCUT2D eigenvalue weighted by Gasteiger charge is 2.31. The molecule has 0 aliphatic carbocycles. The number of nitrogens with zero attached hydrogens (tertiary/aromatic N) is 4. The third-order valence-electron chi connectivity index (χ3n) is 7.33. The Morgan fingerprint density at radius 3 is 1.46 bits per heavy atom. The number of nitrogens with one attached hydrogen (secondary N) is 2. The van der Waals surface area contributed by atoms with Crippen LogP contribution in [0.2, 0.25) is 0 Å². The summed E-state index contributed by atoms with van der Waals surface area (Å²) in [5, 5.41) is 12.9. The minimum atomic E-state index is -1.17. The van der Waals surface area contributed by atoms with Crippen molar-refractivity contribution in [1.29, 1.82) is 0 Å². The molecular weight excluding hydrogens is 677 g/mol. The van der Waals surface area contributed by atoms with Crippen molar-refractivity contribution >= 4 is 57.9 Å². The molecule has 2 aromatic carbocycles. The largest absolute Gasteiger partial charge is 0.490 e. The highest BCUT2D eigenvalue weighted by Crippen LogP contribution is 2.27. The molecule has 2 aliphatic heterocycles. The molecule has 12 nitrogen and oxygen atoms in total. The second-order valence-electron chi connectivity index (χ2n) is 12.2. The first kappa shape index (κ1) is 34.8. The molecule has 50 heavy (non-hydrogen) atoms. The predicted octanol–water partition coefficient (Wildman–Crippen LogP) is 6.35. The van der Waals surface area contributed by atoms with Gasteiger partial charge in [-0.1, -0.05) is 24.3 Å². The summed E-state index contributed by atoms with van der Waals surface area (Å²) in [5.41, 5.74) is 3.82. The molecule has 0 unspecified atom stereocenters. The maximum absolute atomic E-state index is 12.7. The van der Waals surface area contributed by atoms with Crippen LogP contribution in [0, 0.1) is 0 Å². The number of carbonyl (C=O) groups is 2. The van der Waals surface area contributed by atoms with Crippen molar-refractivity contribution in [1.82, 2.24) is 10.1 Å². The van der Waals surface area contributed by atoms with E-state index in [1.807, 2.05) is 87.0 Å². The van der Waals surface area contributed by atoms with E-state index in [4.69, 9.17) is 19.1 Å². The third kappa shape index (κ3) is 9.54. The van der Waals surface area contributed by atoms with Gasteiger partial charge in [-0.25, -0.2) is 19.6 Å². The number of hydroxylamine groups is 4. The Hall–Kier alpha value is -5.08. The van der Waals surface area contributed by atoms with Gasteiger partial charge in [-0.05, 0) is 75.2 Å². The fraction of sp³-hybridized carbons (Fsp3) is 0.333. The molecule has 0 radical (unpaired) electrons. The van der Waals surface area contributed by atoms with Gasteiger partial charge >= 0.3 is 11.9 Å². The summed E-state index contributed by atoms with van der Waals surface area (Å²) in [6.07, 6.45) is 1.85. The molecule has 0 saturated heterocycles. The van der Waals surface area contributed by atoms with Gasteiger partial charge in [0.1, 0.15) is 11.5 Å². The number of benzene rings is 2. The van der Waals surface area contributed by atoms with Gasteiger partial charge in [0.25, 0.3) is 0 Å². The maximum atomic E-state index is 12.7. The fourth-order valence-electron chi connectivity index (χ4n) is 5.17. The zero-order valence-electron chi connectivity index (χ0n) is 28.4. The number of ether oxygens (including phenoxy) is 2. The number of rotatable bonds is 12. The molecule has 14 heteroatoms. The number of hydrogen-bond acceptors (Lipinski definition) is 14. The minimum Gasteiger partial charge on any atom is -0.490 e. The SMILES string of the molecule is CC(C)Oc1csc(Cc2ccc(NC3=NCCN3OC(=O)C(=O)ON3CCN=C3Nc3ccc(Cc4cc(OC(C)C)cs4)cc3)cc2)c1. The molecule has 0 amide bonds. The lowest BCUT2D eigenvalue weighted by atomic mass is 10.1. The van der Waals surface area contributed by atoms with Crippen molar-refractivity contribution < 1.29 is 28.7 Å². The Morgan fingerprint density at radius 2 is 1.08 bits per heavy atom. The van der Waals surface area contributed by atoms with Gasteiger partial charge < -0.3 is 29.8 Å². The topological polar surface area (TPSA) is 126 Å². The Labute approximate surface area is 299 Å². The monoisotopic (exact) mass is 716 g/mol. The lowest BCUT2D eigenvalue weighted by molar-refractivity contribution is -0.198. The van der Waals surface area contributed by atoms with Crippen molar-refractivity contribution in [3.8, 4) is 11.5 Å². The molecule has 262 valence electrons. The van der Waals surface area contributed by atoms with E-state index in [1.54, 1.807) is 22.7 Å². The molecule has 0 atom stereocenters. The smallest absolute Gasteiger partial charge is 0.444 e. The van der Waals surface area contributed by atoms with Crippen LogP contribution in [0.15, 0.2) is 81.4 Å². The van der Waals surface area contributed by atoms with E-state index >= 15 is 0 Å². The van der Waals surface area contributed by atoms with E-state index in [2.05, 4.69) is 32.8 Å². The molecule has 4 aromatic rings. The summed E-state index contributed by atoms with van der Waals surface area (Å²) in [5.74, 6) is 0.0920. The van der Waals surface area contributed by atoms with Crippen molar-refractivity contribution in [2.24, 2.45) is 9.98 Å². The number of aliphatic imine (C=N–C) groups is 2. The van der Waals surface area contributed by atoms with Gasteiger partial charge in [-0.2, -0.15) is 10.1 Å². The molecular formula is C36H40N6O6S2. The Balaban J connectivity index is 0.958. The summed E-state index contributed by atoms with van der Waals surface area (Å²) in [7, 11) is 0. The second kappa shape index (κ2) is 16.1. The Morgan fingerprint density at radius 1 is 0.680 bits per heavy atom. The van der Waals surface area contributed by atoms with Crippen LogP contribution >= 0.6 is 22.7 Å². The summed E-state index contributed by atoms with van der Waals surface area (Å²) in [6.45, 7) is 9.43. The van der Waals surface area contributed by atoms with E-state index < -0.39 is 11.9 Å². The Kier molecular flexibility index (Phi) is 11.2. The first-order valence-corrected chi connectivity index (χ1v) is 18.2. The molecule has 2 aliphatic rings. The first-order valence-electron chi connectivity index (χ1n) is 16.4. The average Bonchev–Trinajstić information content (AvgIpc) is 3.90. The zero-order valence-corrected chi connectivity index (χ0v) is 30.0. The van der Waals surface area contributed by atoms with Crippen LogP contribution in [-0.2, 0) is 32.1 Å². The van der Waals surface area contributed by atoms with Gasteiger partial charge in [0, 0.05) is 44.7 Å². The number of guanidine groups is 2. The van der Waals surface area contributed by atoms with E-state index in [-0.39, 0.29) is 12.2 Å². The molecule has 0 spiro atoms. The van der Waals surface area contributed by atoms with Gasteiger partial charge in [0.2, 0.25) is 11.9 Å². The lowest BCUT2D eigenvalue weighted by Crippen LogP contribution is -2.41. The fourth-order valence-corrected chi connectivity index (χ4v) is 6.82. The van der Waals surface area contributed by atoms with Crippen molar-refractivity contribution in [3.05, 3.63) is 92.3 Å². The van der Waals surface area contributed by atoms with E-state index in [0.29, 0.717) is 38.1 Å². The standard InChI is InChI=1S/C36H40N6O6S2/c1-23(2)45-29-19-31(49-21-29)17-25-5-9-27(10-6-25)39-35-37-13-15-41(35)47-33(43)34(44)48-42-16-14-38-36(42)40-28-11-7-26(8-12-28)18-32-20-30(22-50-32)46-24(3)4/h5-12,19-24H,13-18H2,1-4H3,(H,37,39)(H,38,40).